The summed E-state index contributed by atoms with van der Waals surface area (Å²) >= 11 is 1.25. The Morgan fingerprint density at radius 3 is 2.61 bits per heavy atom. The monoisotopic (exact) mass is 411 g/mol. The molecule has 0 radical (unpaired) electrons. The minimum atomic E-state index is -4.53. The molecule has 0 unspecified atom stereocenters. The quantitative estimate of drug-likeness (QED) is 0.784. The van der Waals surface area contributed by atoms with Crippen molar-refractivity contribution in [1.29, 1.82) is 0 Å². The molecule has 0 saturated heterocycles. The van der Waals surface area contributed by atoms with Crippen LogP contribution in [-0.2, 0) is 11.0 Å². The van der Waals surface area contributed by atoms with E-state index in [1.54, 1.807) is 11.6 Å². The van der Waals surface area contributed by atoms with Gasteiger partial charge in [0.25, 0.3) is 5.91 Å². The molecule has 1 aromatic heterocycles. The third-order valence-electron chi connectivity index (χ3n) is 4.71. The Kier molecular flexibility index (Phi) is 6.33. The molecule has 28 heavy (non-hydrogen) atoms. The average molecular weight is 411 g/mol. The van der Waals surface area contributed by atoms with Crippen LogP contribution in [-0.4, -0.2) is 34.3 Å². The zero-order valence-electron chi connectivity index (χ0n) is 15.0. The first-order valence-corrected chi connectivity index (χ1v) is 9.90. The largest absolute Gasteiger partial charge is 0.416 e. The van der Waals surface area contributed by atoms with Crippen molar-refractivity contribution in [1.82, 2.24) is 9.88 Å². The van der Waals surface area contributed by atoms with Gasteiger partial charge in [0.1, 0.15) is 6.54 Å². The Morgan fingerprint density at radius 1 is 1.21 bits per heavy atom. The van der Waals surface area contributed by atoms with Gasteiger partial charge in [0.05, 0.1) is 5.56 Å². The molecule has 0 aliphatic heterocycles. The van der Waals surface area contributed by atoms with Crippen molar-refractivity contribution in [2.75, 3.05) is 11.9 Å². The molecular formula is C19H20F3N3O2S. The number of hydrogen-bond acceptors (Lipinski definition) is 4. The van der Waals surface area contributed by atoms with Gasteiger partial charge >= 0.3 is 6.18 Å². The molecule has 0 bridgehead atoms. The SMILES string of the molecule is O=C(CN(C(=O)c1cccc(C(F)(F)F)c1)C1CCCCC1)Nc1nccs1. The van der Waals surface area contributed by atoms with Gasteiger partial charge in [0.2, 0.25) is 5.91 Å². The topological polar surface area (TPSA) is 62.3 Å². The van der Waals surface area contributed by atoms with Gasteiger partial charge in [0.15, 0.2) is 5.13 Å². The highest BCUT2D eigenvalue weighted by molar-refractivity contribution is 7.13. The van der Waals surface area contributed by atoms with E-state index in [-0.39, 0.29) is 18.2 Å². The molecule has 1 N–H and O–H groups in total. The van der Waals surface area contributed by atoms with Gasteiger partial charge in [0, 0.05) is 23.2 Å². The second-order valence-corrected chi connectivity index (χ2v) is 7.58. The number of nitrogens with one attached hydrogen (secondary N) is 1. The van der Waals surface area contributed by atoms with Crippen molar-refractivity contribution < 1.29 is 22.8 Å². The second-order valence-electron chi connectivity index (χ2n) is 6.69. The molecule has 3 rings (SSSR count). The first-order valence-electron chi connectivity index (χ1n) is 9.02. The third-order valence-corrected chi connectivity index (χ3v) is 5.39. The van der Waals surface area contributed by atoms with E-state index in [2.05, 4.69) is 10.3 Å². The molecule has 0 atom stereocenters. The Morgan fingerprint density at radius 2 is 1.96 bits per heavy atom. The van der Waals surface area contributed by atoms with Crippen LogP contribution in [0.25, 0.3) is 0 Å². The fraction of sp³-hybridized carbons (Fsp3) is 0.421. The lowest BCUT2D eigenvalue weighted by molar-refractivity contribution is -0.137. The lowest BCUT2D eigenvalue weighted by atomic mass is 9.93. The number of carbonyl (C=O) groups excluding carboxylic acids is 2. The predicted molar refractivity (Wildman–Crippen MR) is 100 cm³/mol. The number of halogens is 3. The number of thiazole rings is 1. The first kappa shape index (κ1) is 20.3. The number of amides is 2. The van der Waals surface area contributed by atoms with Crippen molar-refractivity contribution >= 4 is 28.3 Å². The smallest absolute Gasteiger partial charge is 0.326 e. The minimum absolute atomic E-state index is 0.0672. The van der Waals surface area contributed by atoms with Crippen LogP contribution in [0.1, 0.15) is 48.0 Å². The summed E-state index contributed by atoms with van der Waals surface area (Å²) in [6.07, 6.45) is 1.37. The van der Waals surface area contributed by atoms with Crippen molar-refractivity contribution in [3.63, 3.8) is 0 Å². The Bertz CT molecular complexity index is 818. The van der Waals surface area contributed by atoms with Crippen molar-refractivity contribution in [3.05, 3.63) is 47.0 Å². The molecular weight excluding hydrogens is 391 g/mol. The predicted octanol–water partition coefficient (Wildman–Crippen LogP) is 4.58. The van der Waals surface area contributed by atoms with E-state index in [1.807, 2.05) is 0 Å². The van der Waals surface area contributed by atoms with Crippen molar-refractivity contribution in [2.45, 2.75) is 44.3 Å². The van der Waals surface area contributed by atoms with E-state index in [0.717, 1.165) is 44.2 Å². The number of nitrogens with zero attached hydrogens (tertiary/aromatic N) is 2. The summed E-state index contributed by atoms with van der Waals surface area (Å²) in [6.45, 7) is -0.223. The molecule has 1 aliphatic rings. The number of benzene rings is 1. The molecule has 9 heteroatoms. The Balaban J connectivity index is 1.81. The number of rotatable bonds is 5. The molecule has 0 spiro atoms. The molecule has 150 valence electrons. The van der Waals surface area contributed by atoms with Gasteiger partial charge < -0.3 is 10.2 Å². The summed E-state index contributed by atoms with van der Waals surface area (Å²) in [7, 11) is 0. The van der Waals surface area contributed by atoms with Crippen LogP contribution in [0.5, 0.6) is 0 Å². The fourth-order valence-electron chi connectivity index (χ4n) is 3.35. The van der Waals surface area contributed by atoms with Crippen LogP contribution in [0.15, 0.2) is 35.8 Å². The zero-order valence-corrected chi connectivity index (χ0v) is 15.9. The van der Waals surface area contributed by atoms with Gasteiger partial charge in [-0.15, -0.1) is 11.3 Å². The highest BCUT2D eigenvalue weighted by Gasteiger charge is 2.33. The van der Waals surface area contributed by atoms with E-state index in [4.69, 9.17) is 0 Å². The average Bonchev–Trinajstić information content (AvgIpc) is 3.18. The maximum absolute atomic E-state index is 13.0. The van der Waals surface area contributed by atoms with Crippen molar-refractivity contribution in [3.8, 4) is 0 Å². The van der Waals surface area contributed by atoms with E-state index < -0.39 is 23.6 Å². The van der Waals surface area contributed by atoms with Gasteiger partial charge in [-0.2, -0.15) is 13.2 Å². The fourth-order valence-corrected chi connectivity index (χ4v) is 3.90. The summed E-state index contributed by atoms with van der Waals surface area (Å²) in [5.41, 5.74) is -0.948. The Hall–Kier alpha value is -2.42. The van der Waals surface area contributed by atoms with E-state index in [1.165, 1.54) is 28.4 Å². The van der Waals surface area contributed by atoms with Crippen LogP contribution >= 0.6 is 11.3 Å². The summed E-state index contributed by atoms with van der Waals surface area (Å²) in [6, 6.07) is 4.17. The number of aromatic nitrogens is 1. The van der Waals surface area contributed by atoms with Crippen LogP contribution in [0.2, 0.25) is 0 Å². The summed E-state index contributed by atoms with van der Waals surface area (Å²) in [4.78, 5) is 30.8. The highest BCUT2D eigenvalue weighted by Crippen LogP contribution is 2.30. The molecule has 2 aromatic rings. The van der Waals surface area contributed by atoms with E-state index in [9.17, 15) is 22.8 Å². The zero-order chi connectivity index (χ0) is 20.1. The standard InChI is InChI=1S/C19H20F3N3O2S/c20-19(21,22)14-6-4-5-13(11-14)17(27)25(15-7-2-1-3-8-15)12-16(26)24-18-23-9-10-28-18/h4-6,9-11,15H,1-3,7-8,12H2,(H,23,24,26). The van der Waals surface area contributed by atoms with E-state index in [0.29, 0.717) is 5.13 Å². The number of carbonyl (C=O) groups is 2. The Labute approximate surface area is 164 Å². The third kappa shape index (κ3) is 5.09. The van der Waals surface area contributed by atoms with E-state index >= 15 is 0 Å². The number of hydrogen-bond donors (Lipinski definition) is 1. The molecule has 1 saturated carbocycles. The lowest BCUT2D eigenvalue weighted by Gasteiger charge is -2.34. The number of anilines is 1. The molecule has 5 nitrogen and oxygen atoms in total. The van der Waals surface area contributed by atoms with Gasteiger partial charge in [-0.1, -0.05) is 25.3 Å². The van der Waals surface area contributed by atoms with Crippen LogP contribution < -0.4 is 5.32 Å². The summed E-state index contributed by atoms with van der Waals surface area (Å²) in [5, 5.41) is 4.76. The highest BCUT2D eigenvalue weighted by atomic mass is 32.1. The second kappa shape index (κ2) is 8.72. The van der Waals surface area contributed by atoms with Crippen LogP contribution in [0.3, 0.4) is 0 Å². The minimum Gasteiger partial charge on any atom is -0.326 e. The van der Waals surface area contributed by atoms with Gasteiger partial charge in [-0.05, 0) is 31.0 Å². The van der Waals surface area contributed by atoms with Crippen molar-refractivity contribution in [2.24, 2.45) is 0 Å². The van der Waals surface area contributed by atoms with Gasteiger partial charge in [-0.3, -0.25) is 9.59 Å². The molecule has 1 heterocycles. The molecule has 1 aliphatic carbocycles. The first-order chi connectivity index (χ1) is 13.3. The summed E-state index contributed by atoms with van der Waals surface area (Å²) < 4.78 is 39.0. The maximum Gasteiger partial charge on any atom is 0.416 e. The number of alkyl halides is 3. The van der Waals surface area contributed by atoms with Gasteiger partial charge in [-0.25, -0.2) is 4.98 Å². The molecule has 1 aromatic carbocycles. The lowest BCUT2D eigenvalue weighted by Crippen LogP contribution is -2.45. The maximum atomic E-state index is 13.0. The summed E-state index contributed by atoms with van der Waals surface area (Å²) in [5.74, 6) is -0.979. The molecule has 1 fully saturated rings. The van der Waals surface area contributed by atoms with Crippen LogP contribution in [0.4, 0.5) is 18.3 Å². The normalized spacial score (nSPS) is 15.2. The van der Waals surface area contributed by atoms with Crippen LogP contribution in [0, 0.1) is 0 Å². The molecule has 2 amide bonds.